The minimum absolute atomic E-state index is 0.411. The molecule has 0 aliphatic carbocycles. The van der Waals surface area contributed by atoms with E-state index in [-0.39, 0.29) is 0 Å². The molecule has 0 radical (unpaired) electrons. The van der Waals surface area contributed by atoms with Crippen LogP contribution in [0.5, 0.6) is 0 Å². The van der Waals surface area contributed by atoms with Crippen molar-refractivity contribution in [3.05, 3.63) is 35.0 Å². The van der Waals surface area contributed by atoms with Crippen LogP contribution in [0.3, 0.4) is 0 Å². The maximum absolute atomic E-state index is 5.84. The van der Waals surface area contributed by atoms with Gasteiger partial charge in [0.2, 0.25) is 0 Å². The summed E-state index contributed by atoms with van der Waals surface area (Å²) in [5, 5.41) is 10.6. The maximum Gasteiger partial charge on any atom is 0.179 e. The third kappa shape index (κ3) is 1.42. The zero-order valence-corrected chi connectivity index (χ0v) is 7.84. The number of nitrogens with zero attached hydrogens (tertiary/aromatic N) is 2. The molecule has 2 rings (SSSR count). The first-order chi connectivity index (χ1) is 6.29. The van der Waals surface area contributed by atoms with Crippen LogP contribution in [0.25, 0.3) is 11.3 Å². The van der Waals surface area contributed by atoms with E-state index >= 15 is 0 Å². The smallest absolute Gasteiger partial charge is 0.179 e. The fourth-order valence-electron chi connectivity index (χ4n) is 1.23. The van der Waals surface area contributed by atoms with Crippen LogP contribution in [0.2, 0.25) is 5.15 Å². The van der Waals surface area contributed by atoms with E-state index in [0.717, 1.165) is 11.1 Å². The first-order valence-corrected chi connectivity index (χ1v) is 4.29. The zero-order valence-electron chi connectivity index (χ0n) is 7.08. The molecule has 2 aromatic rings. The minimum Gasteiger partial charge on any atom is -0.196 e. The van der Waals surface area contributed by atoms with Gasteiger partial charge in [-0.2, -0.15) is 10.3 Å². The number of aromatic amines is 1. The SMILES string of the molecule is Cc1ccccc1-c1n[nH]nc1Cl. The van der Waals surface area contributed by atoms with Crippen LogP contribution >= 0.6 is 11.6 Å². The van der Waals surface area contributed by atoms with Gasteiger partial charge in [-0.3, -0.25) is 0 Å². The summed E-state index contributed by atoms with van der Waals surface area (Å²) in [5.41, 5.74) is 2.86. The molecule has 0 fully saturated rings. The molecule has 0 amide bonds. The van der Waals surface area contributed by atoms with Gasteiger partial charge in [0.25, 0.3) is 0 Å². The van der Waals surface area contributed by atoms with Crippen molar-refractivity contribution in [2.45, 2.75) is 6.92 Å². The molecule has 0 saturated carbocycles. The Morgan fingerprint density at radius 2 is 2.00 bits per heavy atom. The van der Waals surface area contributed by atoms with Crippen LogP contribution in [0.1, 0.15) is 5.56 Å². The Morgan fingerprint density at radius 3 is 2.62 bits per heavy atom. The summed E-state index contributed by atoms with van der Waals surface area (Å²) < 4.78 is 0. The Bertz CT molecular complexity index is 422. The molecule has 0 aliphatic heterocycles. The lowest BCUT2D eigenvalue weighted by atomic mass is 10.1. The van der Waals surface area contributed by atoms with Crippen molar-refractivity contribution >= 4 is 11.6 Å². The quantitative estimate of drug-likeness (QED) is 0.756. The third-order valence-electron chi connectivity index (χ3n) is 1.91. The summed E-state index contributed by atoms with van der Waals surface area (Å²) in [6.07, 6.45) is 0. The molecule has 1 heterocycles. The molecule has 0 spiro atoms. The van der Waals surface area contributed by atoms with Crippen molar-refractivity contribution in [1.82, 2.24) is 15.4 Å². The van der Waals surface area contributed by atoms with Crippen LogP contribution in [0.4, 0.5) is 0 Å². The fourth-order valence-corrected chi connectivity index (χ4v) is 1.41. The second-order valence-electron chi connectivity index (χ2n) is 2.78. The predicted octanol–water partition coefficient (Wildman–Crippen LogP) is 2.43. The highest BCUT2D eigenvalue weighted by atomic mass is 35.5. The number of aromatic nitrogens is 3. The van der Waals surface area contributed by atoms with E-state index in [1.165, 1.54) is 0 Å². The van der Waals surface area contributed by atoms with Crippen molar-refractivity contribution in [3.63, 3.8) is 0 Å². The first kappa shape index (κ1) is 8.26. The summed E-state index contributed by atoms with van der Waals surface area (Å²) in [7, 11) is 0. The van der Waals surface area contributed by atoms with Crippen LogP contribution in [-0.4, -0.2) is 15.4 Å². The van der Waals surface area contributed by atoms with E-state index in [1.54, 1.807) is 0 Å². The van der Waals surface area contributed by atoms with E-state index in [0.29, 0.717) is 10.8 Å². The van der Waals surface area contributed by atoms with Gasteiger partial charge in [-0.1, -0.05) is 35.9 Å². The van der Waals surface area contributed by atoms with E-state index in [1.807, 2.05) is 31.2 Å². The maximum atomic E-state index is 5.84. The summed E-state index contributed by atoms with van der Waals surface area (Å²) in [6, 6.07) is 7.92. The molecule has 3 nitrogen and oxygen atoms in total. The minimum atomic E-state index is 0.411. The summed E-state index contributed by atoms with van der Waals surface area (Å²) in [4.78, 5) is 0. The fraction of sp³-hybridized carbons (Fsp3) is 0.111. The monoisotopic (exact) mass is 193 g/mol. The van der Waals surface area contributed by atoms with Gasteiger partial charge in [0.15, 0.2) is 5.15 Å². The zero-order chi connectivity index (χ0) is 9.26. The number of rotatable bonds is 1. The molecular weight excluding hydrogens is 186 g/mol. The van der Waals surface area contributed by atoms with E-state index in [4.69, 9.17) is 11.6 Å². The average Bonchev–Trinajstić information content (AvgIpc) is 2.52. The van der Waals surface area contributed by atoms with Gasteiger partial charge >= 0.3 is 0 Å². The molecule has 66 valence electrons. The Balaban J connectivity index is 2.59. The Hall–Kier alpha value is -1.35. The average molecular weight is 194 g/mol. The van der Waals surface area contributed by atoms with Gasteiger partial charge in [-0.15, -0.1) is 5.10 Å². The molecule has 0 saturated heterocycles. The molecular formula is C9H8ClN3. The van der Waals surface area contributed by atoms with E-state index in [9.17, 15) is 0 Å². The highest BCUT2D eigenvalue weighted by Crippen LogP contribution is 2.25. The van der Waals surface area contributed by atoms with Crippen LogP contribution < -0.4 is 0 Å². The number of nitrogens with one attached hydrogen (secondary N) is 1. The number of aryl methyl sites for hydroxylation is 1. The predicted molar refractivity (Wildman–Crippen MR) is 51.6 cm³/mol. The molecule has 1 N–H and O–H groups in total. The Labute approximate surface area is 80.7 Å². The molecule has 0 unspecified atom stereocenters. The molecule has 0 atom stereocenters. The number of H-pyrrole nitrogens is 1. The van der Waals surface area contributed by atoms with Gasteiger partial charge in [0.05, 0.1) is 0 Å². The third-order valence-corrected chi connectivity index (χ3v) is 2.17. The highest BCUT2D eigenvalue weighted by molar-refractivity contribution is 6.31. The Kier molecular flexibility index (Phi) is 2.02. The second kappa shape index (κ2) is 3.18. The van der Waals surface area contributed by atoms with Gasteiger partial charge < -0.3 is 0 Å². The number of halogens is 1. The normalized spacial score (nSPS) is 10.3. The van der Waals surface area contributed by atoms with Crippen molar-refractivity contribution in [2.75, 3.05) is 0 Å². The highest BCUT2D eigenvalue weighted by Gasteiger charge is 2.08. The van der Waals surface area contributed by atoms with Crippen LogP contribution in [0, 0.1) is 6.92 Å². The summed E-state index contributed by atoms with van der Waals surface area (Å²) in [5.74, 6) is 0. The van der Waals surface area contributed by atoms with Crippen molar-refractivity contribution < 1.29 is 0 Å². The lowest BCUT2D eigenvalue weighted by Crippen LogP contribution is -1.83. The van der Waals surface area contributed by atoms with Gasteiger partial charge in [0.1, 0.15) is 5.69 Å². The molecule has 0 bridgehead atoms. The van der Waals surface area contributed by atoms with E-state index < -0.39 is 0 Å². The number of hydrogen-bond donors (Lipinski definition) is 1. The molecule has 1 aromatic carbocycles. The number of benzene rings is 1. The lowest BCUT2D eigenvalue weighted by molar-refractivity contribution is 0.942. The van der Waals surface area contributed by atoms with Crippen molar-refractivity contribution in [1.29, 1.82) is 0 Å². The first-order valence-electron chi connectivity index (χ1n) is 3.91. The summed E-state index contributed by atoms with van der Waals surface area (Å²) >= 11 is 5.84. The lowest BCUT2D eigenvalue weighted by Gasteiger charge is -2.00. The largest absolute Gasteiger partial charge is 0.196 e. The van der Waals surface area contributed by atoms with Gasteiger partial charge in [-0.05, 0) is 12.5 Å². The van der Waals surface area contributed by atoms with Gasteiger partial charge in [0, 0.05) is 5.56 Å². The molecule has 0 aliphatic rings. The molecule has 1 aromatic heterocycles. The molecule has 4 heteroatoms. The standard InChI is InChI=1S/C9H8ClN3/c1-6-4-2-3-5-7(6)8-9(10)12-13-11-8/h2-5H,1H3,(H,11,12,13). The van der Waals surface area contributed by atoms with Crippen molar-refractivity contribution in [3.8, 4) is 11.3 Å². The molecule has 13 heavy (non-hydrogen) atoms. The second-order valence-corrected chi connectivity index (χ2v) is 3.14. The Morgan fingerprint density at radius 1 is 1.23 bits per heavy atom. The number of hydrogen-bond acceptors (Lipinski definition) is 2. The summed E-state index contributed by atoms with van der Waals surface area (Å²) in [6.45, 7) is 2.01. The van der Waals surface area contributed by atoms with Crippen LogP contribution in [0.15, 0.2) is 24.3 Å². The van der Waals surface area contributed by atoms with E-state index in [2.05, 4.69) is 15.4 Å². The van der Waals surface area contributed by atoms with Crippen LogP contribution in [-0.2, 0) is 0 Å². The van der Waals surface area contributed by atoms with Gasteiger partial charge in [-0.25, -0.2) is 0 Å². The topological polar surface area (TPSA) is 41.6 Å². The van der Waals surface area contributed by atoms with Crippen molar-refractivity contribution in [2.24, 2.45) is 0 Å².